The molecule has 0 aromatic carbocycles. The molecule has 0 unspecified atom stereocenters. The van der Waals surface area contributed by atoms with E-state index in [1.54, 1.807) is 0 Å². The monoisotopic (exact) mass is 144 g/mol. The summed E-state index contributed by atoms with van der Waals surface area (Å²) in [4.78, 5) is 39.7. The summed E-state index contributed by atoms with van der Waals surface area (Å²) in [6.45, 7) is 0. The molecule has 0 atom stereocenters. The number of urea groups is 1. The third-order valence-electron chi connectivity index (χ3n) is 0.568. The zero-order chi connectivity index (χ0) is 8.15. The van der Waals surface area contributed by atoms with Crippen molar-refractivity contribution >= 4 is 24.0 Å². The van der Waals surface area contributed by atoms with Gasteiger partial charge in [0.1, 0.15) is 0 Å². The summed E-state index contributed by atoms with van der Waals surface area (Å²) in [5, 5.41) is 1.41. The number of nitrogens with two attached hydrogens (primary N) is 1. The van der Waals surface area contributed by atoms with E-state index in [9.17, 15) is 19.2 Å². The average molecular weight is 144 g/mol. The highest BCUT2D eigenvalue weighted by Crippen LogP contribution is 1.65. The van der Waals surface area contributed by atoms with Crippen LogP contribution in [-0.2, 0) is 14.4 Å². The molecule has 0 saturated heterocycles. The minimum absolute atomic E-state index is 0.210. The van der Waals surface area contributed by atoms with Gasteiger partial charge < -0.3 is 5.73 Å². The van der Waals surface area contributed by atoms with E-state index in [-0.39, 0.29) is 6.29 Å². The Balaban J connectivity index is 3.98. The molecule has 0 aliphatic rings. The fraction of sp³-hybridized carbons (Fsp3) is 0. The van der Waals surface area contributed by atoms with Crippen molar-refractivity contribution in [2.45, 2.75) is 0 Å². The van der Waals surface area contributed by atoms with E-state index in [0.717, 1.165) is 0 Å². The molecule has 0 saturated carbocycles. The van der Waals surface area contributed by atoms with Crippen molar-refractivity contribution in [2.75, 3.05) is 0 Å². The Morgan fingerprint density at radius 1 is 1.30 bits per heavy atom. The second-order valence-corrected chi connectivity index (χ2v) is 1.30. The van der Waals surface area contributed by atoms with Crippen LogP contribution in [0.5, 0.6) is 0 Å². The summed E-state index contributed by atoms with van der Waals surface area (Å²) in [6, 6.07) is -1.17. The van der Waals surface area contributed by atoms with E-state index in [0.29, 0.717) is 0 Å². The number of imide groups is 1. The molecule has 3 amide bonds. The second kappa shape index (κ2) is 3.33. The largest absolute Gasteiger partial charge is 0.351 e. The lowest BCUT2D eigenvalue weighted by atomic mass is 10.4. The summed E-state index contributed by atoms with van der Waals surface area (Å²) in [6.07, 6.45) is -0.210. The molecule has 10 heavy (non-hydrogen) atoms. The molecule has 3 N–H and O–H groups in total. The van der Waals surface area contributed by atoms with Gasteiger partial charge in [-0.1, -0.05) is 0 Å². The van der Waals surface area contributed by atoms with Gasteiger partial charge in [0.2, 0.25) is 0 Å². The number of aldehydes is 1. The SMILES string of the molecule is NC(=O)NC(=O)C(=O)C=O. The smallest absolute Gasteiger partial charge is 0.319 e. The molecule has 0 fully saturated rings. The van der Waals surface area contributed by atoms with Crippen molar-refractivity contribution in [2.24, 2.45) is 5.73 Å². The first-order chi connectivity index (χ1) is 4.57. The highest BCUT2D eigenvalue weighted by Gasteiger charge is 2.12. The topological polar surface area (TPSA) is 106 Å². The van der Waals surface area contributed by atoms with Crippen LogP contribution in [-0.4, -0.2) is 24.0 Å². The van der Waals surface area contributed by atoms with Gasteiger partial charge in [0, 0.05) is 0 Å². The van der Waals surface area contributed by atoms with Gasteiger partial charge in [-0.2, -0.15) is 0 Å². The minimum Gasteiger partial charge on any atom is -0.351 e. The zero-order valence-corrected chi connectivity index (χ0v) is 4.79. The number of amides is 3. The molecule has 6 heteroatoms. The van der Waals surface area contributed by atoms with Crippen LogP contribution in [0.2, 0.25) is 0 Å². The zero-order valence-electron chi connectivity index (χ0n) is 4.79. The van der Waals surface area contributed by atoms with E-state index in [2.05, 4.69) is 5.73 Å². The van der Waals surface area contributed by atoms with E-state index in [1.807, 2.05) is 0 Å². The van der Waals surface area contributed by atoms with Gasteiger partial charge in [-0.15, -0.1) is 0 Å². The highest BCUT2D eigenvalue weighted by atomic mass is 16.2. The van der Waals surface area contributed by atoms with Crippen LogP contribution >= 0.6 is 0 Å². The number of carbonyl (C=O) groups excluding carboxylic acids is 4. The maximum atomic E-state index is 10.2. The van der Waals surface area contributed by atoms with Crippen molar-refractivity contribution in [1.29, 1.82) is 0 Å². The predicted octanol–water partition coefficient (Wildman–Crippen LogP) is -2.05. The van der Waals surface area contributed by atoms with E-state index >= 15 is 0 Å². The number of carbonyl (C=O) groups is 4. The standard InChI is InChI=1S/C4H4N2O4/c5-4(10)6-3(9)2(8)1-7/h1H,(H3,5,6,9,10). The van der Waals surface area contributed by atoms with Crippen LogP contribution in [0.25, 0.3) is 0 Å². The Kier molecular flexibility index (Phi) is 2.76. The fourth-order valence-corrected chi connectivity index (χ4v) is 0.227. The van der Waals surface area contributed by atoms with Crippen molar-refractivity contribution in [3.63, 3.8) is 0 Å². The lowest BCUT2D eigenvalue weighted by molar-refractivity contribution is -0.140. The maximum Gasteiger partial charge on any atom is 0.319 e. The molecule has 6 nitrogen and oxygen atoms in total. The number of Topliss-reactive ketones (excluding diaryl/α,β-unsaturated/α-hetero) is 1. The molecule has 0 heterocycles. The van der Waals surface area contributed by atoms with Crippen LogP contribution in [0.3, 0.4) is 0 Å². The van der Waals surface area contributed by atoms with E-state index < -0.39 is 17.7 Å². The summed E-state index contributed by atoms with van der Waals surface area (Å²) in [5.74, 6) is -2.65. The Labute approximate surface area is 55.4 Å². The van der Waals surface area contributed by atoms with Crippen molar-refractivity contribution in [3.8, 4) is 0 Å². The van der Waals surface area contributed by atoms with Gasteiger partial charge in [-0.05, 0) is 0 Å². The van der Waals surface area contributed by atoms with Gasteiger partial charge in [0.05, 0.1) is 0 Å². The van der Waals surface area contributed by atoms with Crippen molar-refractivity contribution in [3.05, 3.63) is 0 Å². The van der Waals surface area contributed by atoms with E-state index in [1.165, 1.54) is 5.32 Å². The minimum atomic E-state index is -1.33. The van der Waals surface area contributed by atoms with Gasteiger partial charge in [0.15, 0.2) is 6.29 Å². The van der Waals surface area contributed by atoms with Crippen molar-refractivity contribution in [1.82, 2.24) is 5.32 Å². The van der Waals surface area contributed by atoms with Crippen LogP contribution in [0.1, 0.15) is 0 Å². The van der Waals surface area contributed by atoms with Crippen molar-refractivity contribution < 1.29 is 19.2 Å². The van der Waals surface area contributed by atoms with Crippen LogP contribution in [0.4, 0.5) is 4.79 Å². The van der Waals surface area contributed by atoms with Crippen LogP contribution < -0.4 is 11.1 Å². The summed E-state index contributed by atoms with van der Waals surface area (Å²) in [7, 11) is 0. The Hall–Kier alpha value is -1.72. The molecule has 0 spiro atoms. The third kappa shape index (κ3) is 2.55. The molecule has 0 aliphatic carbocycles. The lowest BCUT2D eigenvalue weighted by Crippen LogP contribution is -2.39. The number of ketones is 1. The second-order valence-electron chi connectivity index (χ2n) is 1.30. The molecule has 0 aromatic heterocycles. The number of nitrogens with one attached hydrogen (secondary N) is 1. The Morgan fingerprint density at radius 2 is 1.80 bits per heavy atom. The molecule has 54 valence electrons. The quantitative estimate of drug-likeness (QED) is 0.264. The Morgan fingerprint density at radius 3 is 2.10 bits per heavy atom. The van der Waals surface area contributed by atoms with Gasteiger partial charge in [0.25, 0.3) is 5.78 Å². The first kappa shape index (κ1) is 8.28. The van der Waals surface area contributed by atoms with Gasteiger partial charge >= 0.3 is 11.9 Å². The fourth-order valence-electron chi connectivity index (χ4n) is 0.227. The number of primary amides is 1. The maximum absolute atomic E-state index is 10.2. The normalized spacial score (nSPS) is 8.00. The predicted molar refractivity (Wildman–Crippen MR) is 28.8 cm³/mol. The first-order valence-electron chi connectivity index (χ1n) is 2.18. The van der Waals surface area contributed by atoms with Gasteiger partial charge in [-0.25, -0.2) is 4.79 Å². The Bertz CT molecular complexity index is 197. The summed E-state index contributed by atoms with van der Waals surface area (Å²) < 4.78 is 0. The molecule has 0 aromatic rings. The van der Waals surface area contributed by atoms with Crippen LogP contribution in [0, 0.1) is 0 Å². The molecule has 0 radical (unpaired) electrons. The van der Waals surface area contributed by atoms with Gasteiger partial charge in [-0.3, -0.25) is 19.7 Å². The molecule has 0 aliphatic heterocycles. The number of rotatable bonds is 2. The van der Waals surface area contributed by atoms with Crippen LogP contribution in [0.15, 0.2) is 0 Å². The number of hydrogen-bond acceptors (Lipinski definition) is 4. The lowest BCUT2D eigenvalue weighted by Gasteiger charge is -1.91. The first-order valence-corrected chi connectivity index (χ1v) is 2.18. The van der Waals surface area contributed by atoms with E-state index in [4.69, 9.17) is 0 Å². The average Bonchev–Trinajstić information content (AvgIpc) is 1.85. The molecular weight excluding hydrogens is 140 g/mol. The molecule has 0 rings (SSSR count). The molecule has 0 bridgehead atoms. The third-order valence-corrected chi connectivity index (χ3v) is 0.568. The number of hydrogen-bond donors (Lipinski definition) is 2. The summed E-state index contributed by atoms with van der Waals surface area (Å²) >= 11 is 0. The molecular formula is C4H4N2O4. The summed E-state index contributed by atoms with van der Waals surface area (Å²) in [5.41, 5.74) is 4.45. The highest BCUT2D eigenvalue weighted by molar-refractivity contribution is 6.58.